The van der Waals surface area contributed by atoms with Crippen LogP contribution in [0.15, 0.2) is 52.0 Å². The van der Waals surface area contributed by atoms with E-state index in [1.54, 1.807) is 30.6 Å². The molecule has 0 saturated heterocycles. The van der Waals surface area contributed by atoms with E-state index in [0.717, 1.165) is 0 Å². The van der Waals surface area contributed by atoms with Crippen LogP contribution in [0.25, 0.3) is 11.5 Å². The van der Waals surface area contributed by atoms with Crippen LogP contribution in [0.1, 0.15) is 5.89 Å². The third kappa shape index (κ3) is 3.81. The van der Waals surface area contributed by atoms with Gasteiger partial charge in [-0.25, -0.2) is 13.1 Å². The minimum absolute atomic E-state index is 0.0479. The second kappa shape index (κ2) is 7.50. The van der Waals surface area contributed by atoms with Gasteiger partial charge in [0.05, 0.1) is 20.8 Å². The van der Waals surface area contributed by atoms with Crippen molar-refractivity contribution >= 4 is 10.0 Å². The van der Waals surface area contributed by atoms with E-state index in [2.05, 4.69) is 19.9 Å². The van der Waals surface area contributed by atoms with Crippen molar-refractivity contribution < 1.29 is 22.3 Å². The average Bonchev–Trinajstić information content (AvgIpc) is 3.16. The van der Waals surface area contributed by atoms with Crippen LogP contribution >= 0.6 is 0 Å². The highest BCUT2D eigenvalue weighted by Gasteiger charge is 2.21. The normalized spacial score (nSPS) is 11.3. The van der Waals surface area contributed by atoms with Gasteiger partial charge in [0.2, 0.25) is 21.8 Å². The molecule has 1 N–H and O–H groups in total. The molecule has 26 heavy (non-hydrogen) atoms. The fourth-order valence-electron chi connectivity index (χ4n) is 2.16. The third-order valence-corrected chi connectivity index (χ3v) is 4.89. The fraction of sp³-hybridized carbons (Fsp3) is 0.188. The van der Waals surface area contributed by atoms with Gasteiger partial charge in [-0.3, -0.25) is 4.98 Å². The Balaban J connectivity index is 1.78. The Morgan fingerprint density at radius 1 is 1.08 bits per heavy atom. The third-order valence-electron chi connectivity index (χ3n) is 3.47. The monoisotopic (exact) mass is 376 g/mol. The number of methoxy groups -OCH3 is 2. The Kier molecular flexibility index (Phi) is 5.14. The van der Waals surface area contributed by atoms with E-state index in [9.17, 15) is 8.42 Å². The molecule has 0 aliphatic heterocycles. The Labute approximate surface area is 150 Å². The molecule has 10 heteroatoms. The molecule has 0 fully saturated rings. The van der Waals surface area contributed by atoms with Crippen LogP contribution in [0, 0.1) is 0 Å². The Morgan fingerprint density at radius 2 is 1.85 bits per heavy atom. The number of sulfonamides is 1. The lowest BCUT2D eigenvalue weighted by molar-refractivity contribution is 0.391. The molecule has 0 spiro atoms. The smallest absolute Gasteiger partial charge is 0.247 e. The molecule has 0 radical (unpaired) electrons. The first kappa shape index (κ1) is 17.8. The number of ether oxygens (including phenoxy) is 2. The maximum absolute atomic E-state index is 12.6. The number of pyridine rings is 1. The number of aromatic nitrogens is 3. The highest BCUT2D eigenvalue weighted by molar-refractivity contribution is 7.89. The largest absolute Gasteiger partial charge is 0.497 e. The van der Waals surface area contributed by atoms with Crippen molar-refractivity contribution in [2.24, 2.45) is 0 Å². The molecule has 0 saturated carbocycles. The molecule has 136 valence electrons. The number of rotatable bonds is 7. The molecule has 2 aromatic heterocycles. The molecule has 2 heterocycles. The van der Waals surface area contributed by atoms with Gasteiger partial charge in [0, 0.05) is 24.0 Å². The Morgan fingerprint density at radius 3 is 2.54 bits per heavy atom. The summed E-state index contributed by atoms with van der Waals surface area (Å²) in [5.74, 6) is 0.994. The van der Waals surface area contributed by atoms with Crippen molar-refractivity contribution in [1.82, 2.24) is 19.9 Å². The van der Waals surface area contributed by atoms with Crippen molar-refractivity contribution in [3.63, 3.8) is 0 Å². The second-order valence-electron chi connectivity index (χ2n) is 5.08. The average molecular weight is 376 g/mol. The molecule has 3 aromatic rings. The first-order chi connectivity index (χ1) is 12.5. The van der Waals surface area contributed by atoms with Gasteiger partial charge in [-0.2, -0.15) is 0 Å². The predicted molar refractivity (Wildman–Crippen MR) is 91.1 cm³/mol. The summed E-state index contributed by atoms with van der Waals surface area (Å²) < 4.78 is 43.2. The molecule has 9 nitrogen and oxygen atoms in total. The number of nitrogens with zero attached hydrogens (tertiary/aromatic N) is 3. The van der Waals surface area contributed by atoms with Gasteiger partial charge in [-0.15, -0.1) is 10.2 Å². The van der Waals surface area contributed by atoms with Crippen LogP contribution in [-0.4, -0.2) is 37.8 Å². The first-order valence-electron chi connectivity index (χ1n) is 7.48. The zero-order valence-corrected chi connectivity index (χ0v) is 14.9. The second-order valence-corrected chi connectivity index (χ2v) is 6.81. The minimum atomic E-state index is -3.88. The van der Waals surface area contributed by atoms with Crippen LogP contribution in [0.2, 0.25) is 0 Å². The van der Waals surface area contributed by atoms with Gasteiger partial charge < -0.3 is 13.9 Å². The predicted octanol–water partition coefficient (Wildman–Crippen LogP) is 1.63. The molecule has 0 amide bonds. The zero-order valence-electron chi connectivity index (χ0n) is 14.0. The van der Waals surface area contributed by atoms with Gasteiger partial charge in [-0.05, 0) is 24.3 Å². The van der Waals surface area contributed by atoms with Gasteiger partial charge >= 0.3 is 0 Å². The van der Waals surface area contributed by atoms with Crippen molar-refractivity contribution in [2.45, 2.75) is 11.4 Å². The van der Waals surface area contributed by atoms with Crippen molar-refractivity contribution in [1.29, 1.82) is 0 Å². The van der Waals surface area contributed by atoms with E-state index in [1.807, 2.05) is 0 Å². The topological polar surface area (TPSA) is 116 Å². The number of hydrogen-bond donors (Lipinski definition) is 1. The van der Waals surface area contributed by atoms with Crippen molar-refractivity contribution in [3.8, 4) is 23.0 Å². The lowest BCUT2D eigenvalue weighted by Gasteiger charge is -2.11. The molecular formula is C16H16N4O5S. The molecule has 0 aliphatic carbocycles. The quantitative estimate of drug-likeness (QED) is 0.661. The molecule has 3 rings (SSSR count). The Hall–Kier alpha value is -2.98. The van der Waals surface area contributed by atoms with E-state index in [4.69, 9.17) is 13.9 Å². The van der Waals surface area contributed by atoms with Crippen LogP contribution in [0.5, 0.6) is 11.5 Å². The van der Waals surface area contributed by atoms with Crippen LogP contribution in [-0.2, 0) is 16.6 Å². The van der Waals surface area contributed by atoms with E-state index < -0.39 is 10.0 Å². The highest BCUT2D eigenvalue weighted by Crippen LogP contribution is 2.28. The lowest BCUT2D eigenvalue weighted by Crippen LogP contribution is -2.24. The summed E-state index contributed by atoms with van der Waals surface area (Å²) in [4.78, 5) is 3.86. The van der Waals surface area contributed by atoms with E-state index in [-0.39, 0.29) is 29.0 Å². The standard InChI is InChI=1S/C16H16N4O5S/c1-23-12-3-4-13(24-2)14(9-12)26(21,22)18-10-15-19-20-16(25-15)11-5-7-17-8-6-11/h3-9,18H,10H2,1-2H3. The number of hydrogen-bond acceptors (Lipinski definition) is 8. The molecule has 1 aromatic carbocycles. The van der Waals surface area contributed by atoms with Crippen molar-refractivity contribution in [2.75, 3.05) is 14.2 Å². The summed E-state index contributed by atoms with van der Waals surface area (Å²) in [5.41, 5.74) is 0.691. The maximum Gasteiger partial charge on any atom is 0.247 e. The fourth-order valence-corrected chi connectivity index (χ4v) is 3.32. The summed E-state index contributed by atoms with van der Waals surface area (Å²) in [6, 6.07) is 7.92. The van der Waals surface area contributed by atoms with E-state index in [0.29, 0.717) is 11.3 Å². The molecule has 0 atom stereocenters. The number of benzene rings is 1. The van der Waals surface area contributed by atoms with Crippen LogP contribution in [0.4, 0.5) is 0 Å². The summed E-state index contributed by atoms with van der Waals surface area (Å²) in [6.07, 6.45) is 3.19. The van der Waals surface area contributed by atoms with E-state index >= 15 is 0 Å². The minimum Gasteiger partial charge on any atom is -0.497 e. The van der Waals surface area contributed by atoms with Gasteiger partial charge in [0.25, 0.3) is 0 Å². The summed E-state index contributed by atoms with van der Waals surface area (Å²) in [7, 11) is -1.04. The van der Waals surface area contributed by atoms with Crippen LogP contribution in [0.3, 0.4) is 0 Å². The maximum atomic E-state index is 12.6. The van der Waals surface area contributed by atoms with Crippen molar-refractivity contribution in [3.05, 3.63) is 48.6 Å². The van der Waals surface area contributed by atoms with Gasteiger partial charge in [0.1, 0.15) is 16.4 Å². The zero-order chi connectivity index (χ0) is 18.6. The molecular weight excluding hydrogens is 360 g/mol. The molecule has 0 unspecified atom stereocenters. The number of nitrogens with one attached hydrogen (secondary N) is 1. The first-order valence-corrected chi connectivity index (χ1v) is 8.96. The SMILES string of the molecule is COc1ccc(OC)c(S(=O)(=O)NCc2nnc(-c3ccncc3)o2)c1. The van der Waals surface area contributed by atoms with E-state index in [1.165, 1.54) is 26.4 Å². The lowest BCUT2D eigenvalue weighted by atomic mass is 10.3. The van der Waals surface area contributed by atoms with Gasteiger partial charge in [0.15, 0.2) is 0 Å². The molecule has 0 bridgehead atoms. The Bertz CT molecular complexity index is 989. The van der Waals surface area contributed by atoms with Gasteiger partial charge in [-0.1, -0.05) is 0 Å². The highest BCUT2D eigenvalue weighted by atomic mass is 32.2. The summed E-state index contributed by atoms with van der Waals surface area (Å²) >= 11 is 0. The summed E-state index contributed by atoms with van der Waals surface area (Å²) in [5, 5.41) is 7.74. The summed E-state index contributed by atoms with van der Waals surface area (Å²) in [6.45, 7) is -0.166. The van der Waals surface area contributed by atoms with Crippen LogP contribution < -0.4 is 14.2 Å². The molecule has 0 aliphatic rings.